The fraction of sp³-hybridized carbons (Fsp3) is 0.615. The van der Waals surface area contributed by atoms with Crippen LogP contribution in [0.5, 0.6) is 0 Å². The van der Waals surface area contributed by atoms with Crippen molar-refractivity contribution >= 4 is 40.0 Å². The van der Waals surface area contributed by atoms with Crippen LogP contribution in [0.3, 0.4) is 0 Å². The Balaban J connectivity index is 1.93. The molecule has 2 amide bonds. The normalized spacial score (nSPS) is 17.2. The number of ether oxygens (including phenoxy) is 1. The van der Waals surface area contributed by atoms with Gasteiger partial charge in [0.25, 0.3) is 0 Å². The molecule has 1 aromatic rings. The van der Waals surface area contributed by atoms with Crippen molar-refractivity contribution in [3.05, 3.63) is 5.69 Å². The molecule has 1 unspecified atom stereocenters. The van der Waals surface area contributed by atoms with Crippen LogP contribution in [0.4, 0.5) is 5.13 Å². The van der Waals surface area contributed by atoms with Crippen LogP contribution in [0.1, 0.15) is 18.5 Å². The molecule has 0 saturated carbocycles. The molecule has 122 valence electrons. The molecule has 1 aliphatic rings. The average Bonchev–Trinajstić information content (AvgIpc) is 2.85. The molecule has 1 atom stereocenters. The van der Waals surface area contributed by atoms with E-state index in [1.165, 1.54) is 23.1 Å². The van der Waals surface area contributed by atoms with E-state index in [-0.39, 0.29) is 23.5 Å². The molecule has 1 aliphatic heterocycles. The van der Waals surface area contributed by atoms with Crippen LogP contribution in [-0.4, -0.2) is 41.8 Å². The van der Waals surface area contributed by atoms with E-state index in [0.717, 1.165) is 22.7 Å². The van der Waals surface area contributed by atoms with Gasteiger partial charge in [0.15, 0.2) is 5.13 Å². The maximum Gasteiger partial charge on any atom is 0.243 e. The number of thioether (sulfide) groups is 1. The monoisotopic (exact) mass is 344 g/mol. The Morgan fingerprint density at radius 2 is 2.18 bits per heavy atom. The molecule has 2 rings (SSSR count). The number of carbonyl (C=O) groups excluding carboxylic acids is 2. The molecule has 1 fully saturated rings. The first-order chi connectivity index (χ1) is 10.5. The molecule has 0 aliphatic carbocycles. The number of nitrogens with two attached hydrogens (primary N) is 2. The standard InChI is InChI=1S/C13H20N4O3S2/c1-7-12(21-6-9(14)18)22-13(16-7)17-11(19)10(15)8-2-4-20-5-3-8/h8,10H,2-6,15H2,1H3,(H2,14,18)(H,16,17,19). The summed E-state index contributed by atoms with van der Waals surface area (Å²) in [6.45, 7) is 3.12. The molecular formula is C13H20N4O3S2. The number of carbonyl (C=O) groups is 2. The van der Waals surface area contributed by atoms with Gasteiger partial charge in [-0.15, -0.1) is 11.8 Å². The molecule has 0 aromatic carbocycles. The molecule has 0 radical (unpaired) electrons. The second kappa shape index (κ2) is 7.91. The minimum atomic E-state index is -0.560. The number of aromatic nitrogens is 1. The van der Waals surface area contributed by atoms with Crippen molar-refractivity contribution in [2.75, 3.05) is 24.3 Å². The third-order valence-corrected chi connectivity index (χ3v) is 5.86. The van der Waals surface area contributed by atoms with E-state index in [1.54, 1.807) is 0 Å². The topological polar surface area (TPSA) is 120 Å². The number of thiazole rings is 1. The van der Waals surface area contributed by atoms with Gasteiger partial charge in [0.05, 0.1) is 21.7 Å². The number of hydrogen-bond donors (Lipinski definition) is 3. The van der Waals surface area contributed by atoms with Crippen LogP contribution in [0.25, 0.3) is 0 Å². The first-order valence-electron chi connectivity index (χ1n) is 7.00. The number of anilines is 1. The number of primary amides is 1. The molecule has 9 heteroatoms. The van der Waals surface area contributed by atoms with Gasteiger partial charge in [-0.05, 0) is 25.7 Å². The lowest BCUT2D eigenvalue weighted by Gasteiger charge is -2.26. The second-order valence-corrected chi connectivity index (χ2v) is 7.35. The van der Waals surface area contributed by atoms with Gasteiger partial charge in [-0.3, -0.25) is 9.59 Å². The minimum absolute atomic E-state index is 0.138. The van der Waals surface area contributed by atoms with Crippen molar-refractivity contribution < 1.29 is 14.3 Å². The van der Waals surface area contributed by atoms with Crippen LogP contribution in [-0.2, 0) is 14.3 Å². The van der Waals surface area contributed by atoms with Crippen molar-refractivity contribution in [2.45, 2.75) is 30.0 Å². The molecule has 1 saturated heterocycles. The molecule has 1 aromatic heterocycles. The predicted molar refractivity (Wildman–Crippen MR) is 86.9 cm³/mol. The highest BCUT2D eigenvalue weighted by atomic mass is 32.2. The van der Waals surface area contributed by atoms with Gasteiger partial charge in [0.1, 0.15) is 0 Å². The molecule has 0 bridgehead atoms. The first-order valence-corrected chi connectivity index (χ1v) is 8.80. The zero-order valence-electron chi connectivity index (χ0n) is 12.3. The van der Waals surface area contributed by atoms with Crippen molar-refractivity contribution in [1.29, 1.82) is 0 Å². The van der Waals surface area contributed by atoms with E-state index in [4.69, 9.17) is 16.2 Å². The van der Waals surface area contributed by atoms with Gasteiger partial charge in [-0.1, -0.05) is 11.3 Å². The number of rotatable bonds is 6. The molecular weight excluding hydrogens is 324 g/mol. The van der Waals surface area contributed by atoms with E-state index in [9.17, 15) is 9.59 Å². The van der Waals surface area contributed by atoms with Gasteiger partial charge in [0.2, 0.25) is 11.8 Å². The van der Waals surface area contributed by atoms with Gasteiger partial charge >= 0.3 is 0 Å². The lowest BCUT2D eigenvalue weighted by atomic mass is 9.92. The maximum absolute atomic E-state index is 12.2. The van der Waals surface area contributed by atoms with Gasteiger partial charge in [-0.25, -0.2) is 4.98 Å². The van der Waals surface area contributed by atoms with Crippen LogP contribution in [0, 0.1) is 12.8 Å². The molecule has 22 heavy (non-hydrogen) atoms. The second-order valence-electron chi connectivity index (χ2n) is 5.11. The average molecular weight is 344 g/mol. The summed E-state index contributed by atoms with van der Waals surface area (Å²) in [6, 6.07) is -0.560. The number of amides is 2. The summed E-state index contributed by atoms with van der Waals surface area (Å²) < 4.78 is 6.14. The Morgan fingerprint density at radius 3 is 2.82 bits per heavy atom. The van der Waals surface area contributed by atoms with Gasteiger partial charge in [0, 0.05) is 13.2 Å². The summed E-state index contributed by atoms with van der Waals surface area (Å²) >= 11 is 2.65. The van der Waals surface area contributed by atoms with E-state index in [1.807, 2.05) is 6.92 Å². The highest BCUT2D eigenvalue weighted by Crippen LogP contribution is 2.32. The Kier molecular flexibility index (Phi) is 6.18. The summed E-state index contributed by atoms with van der Waals surface area (Å²) in [5.74, 6) is -0.284. The SMILES string of the molecule is Cc1nc(NC(=O)C(N)C2CCOCC2)sc1SCC(N)=O. The van der Waals surface area contributed by atoms with E-state index in [0.29, 0.717) is 18.3 Å². The Hall–Kier alpha value is -1.16. The zero-order valence-corrected chi connectivity index (χ0v) is 14.0. The Labute approximate surface area is 137 Å². The quantitative estimate of drug-likeness (QED) is 0.654. The number of hydrogen-bond acceptors (Lipinski definition) is 7. The minimum Gasteiger partial charge on any atom is -0.381 e. The number of aryl methyl sites for hydroxylation is 1. The summed E-state index contributed by atoms with van der Waals surface area (Å²) in [6.07, 6.45) is 1.59. The highest BCUT2D eigenvalue weighted by Gasteiger charge is 2.27. The fourth-order valence-corrected chi connectivity index (χ4v) is 4.06. The largest absolute Gasteiger partial charge is 0.381 e. The first kappa shape index (κ1) is 17.2. The van der Waals surface area contributed by atoms with Crippen molar-refractivity contribution in [1.82, 2.24) is 4.98 Å². The van der Waals surface area contributed by atoms with Crippen LogP contribution < -0.4 is 16.8 Å². The highest BCUT2D eigenvalue weighted by molar-refractivity contribution is 8.01. The lowest BCUT2D eigenvalue weighted by molar-refractivity contribution is -0.119. The van der Waals surface area contributed by atoms with Crippen molar-refractivity contribution in [3.63, 3.8) is 0 Å². The van der Waals surface area contributed by atoms with Crippen LogP contribution in [0.2, 0.25) is 0 Å². The van der Waals surface area contributed by atoms with Crippen LogP contribution >= 0.6 is 23.1 Å². The summed E-state index contributed by atoms with van der Waals surface area (Å²) in [5, 5.41) is 3.26. The summed E-state index contributed by atoms with van der Waals surface area (Å²) in [4.78, 5) is 27.3. The van der Waals surface area contributed by atoms with Gasteiger partial charge in [-0.2, -0.15) is 0 Å². The van der Waals surface area contributed by atoms with Crippen LogP contribution in [0.15, 0.2) is 4.21 Å². The Bertz CT molecular complexity index is 543. The zero-order chi connectivity index (χ0) is 16.1. The summed E-state index contributed by atoms with van der Waals surface area (Å²) in [7, 11) is 0. The third-order valence-electron chi connectivity index (χ3n) is 3.41. The van der Waals surface area contributed by atoms with E-state index >= 15 is 0 Å². The van der Waals surface area contributed by atoms with E-state index < -0.39 is 6.04 Å². The molecule has 5 N–H and O–H groups in total. The summed E-state index contributed by atoms with van der Waals surface area (Å²) in [5.41, 5.74) is 11.9. The molecule has 0 spiro atoms. The fourth-order valence-electron chi connectivity index (χ4n) is 2.18. The van der Waals surface area contributed by atoms with Gasteiger partial charge < -0.3 is 21.5 Å². The predicted octanol–water partition coefficient (Wildman–Crippen LogP) is 0.721. The number of nitrogens with zero attached hydrogens (tertiary/aromatic N) is 1. The third kappa shape index (κ3) is 4.67. The lowest BCUT2D eigenvalue weighted by Crippen LogP contribution is -2.43. The Morgan fingerprint density at radius 1 is 1.50 bits per heavy atom. The van der Waals surface area contributed by atoms with Crippen molar-refractivity contribution in [2.24, 2.45) is 17.4 Å². The number of nitrogens with one attached hydrogen (secondary N) is 1. The maximum atomic E-state index is 12.2. The molecule has 7 nitrogen and oxygen atoms in total. The molecule has 2 heterocycles. The smallest absolute Gasteiger partial charge is 0.243 e. The van der Waals surface area contributed by atoms with E-state index in [2.05, 4.69) is 10.3 Å². The van der Waals surface area contributed by atoms with Crippen molar-refractivity contribution in [3.8, 4) is 0 Å².